The van der Waals surface area contributed by atoms with E-state index in [0.29, 0.717) is 5.56 Å². The summed E-state index contributed by atoms with van der Waals surface area (Å²) in [5.41, 5.74) is 6.74. The lowest BCUT2D eigenvalue weighted by Crippen LogP contribution is -2.17. The van der Waals surface area contributed by atoms with E-state index in [1.54, 1.807) is 18.7 Å². The average molecular weight is 275 g/mol. The first-order valence-corrected chi connectivity index (χ1v) is 6.14. The van der Waals surface area contributed by atoms with E-state index in [-0.39, 0.29) is 5.56 Å². The van der Waals surface area contributed by atoms with Crippen LogP contribution in [-0.4, -0.2) is 9.78 Å². The standard InChI is InChI=1S/C11H12F3N3S/c1-6-7(3-16-17(6)2)10(15)8-4-18-5-9(8)11(12,13)14/h3-5,10H,15H2,1-2H3. The van der Waals surface area contributed by atoms with E-state index in [1.165, 1.54) is 11.6 Å². The topological polar surface area (TPSA) is 43.8 Å². The Labute approximate surface area is 106 Å². The molecule has 1 unspecified atom stereocenters. The van der Waals surface area contributed by atoms with Gasteiger partial charge in [0.2, 0.25) is 0 Å². The summed E-state index contributed by atoms with van der Waals surface area (Å²) in [4.78, 5) is 0. The zero-order valence-corrected chi connectivity index (χ0v) is 10.6. The highest BCUT2D eigenvalue weighted by molar-refractivity contribution is 7.08. The van der Waals surface area contributed by atoms with E-state index >= 15 is 0 Å². The normalized spacial score (nSPS) is 13.9. The lowest BCUT2D eigenvalue weighted by molar-refractivity contribution is -0.138. The molecule has 0 fully saturated rings. The third kappa shape index (κ3) is 2.15. The van der Waals surface area contributed by atoms with Gasteiger partial charge in [0.25, 0.3) is 0 Å². The Bertz CT molecular complexity index is 556. The van der Waals surface area contributed by atoms with Gasteiger partial charge in [-0.25, -0.2) is 0 Å². The lowest BCUT2D eigenvalue weighted by Gasteiger charge is -2.14. The van der Waals surface area contributed by atoms with Crippen molar-refractivity contribution >= 4 is 11.3 Å². The van der Waals surface area contributed by atoms with E-state index in [1.807, 2.05) is 0 Å². The zero-order chi connectivity index (χ0) is 13.5. The van der Waals surface area contributed by atoms with Gasteiger partial charge < -0.3 is 5.73 Å². The van der Waals surface area contributed by atoms with Gasteiger partial charge >= 0.3 is 6.18 Å². The number of hydrogen-bond acceptors (Lipinski definition) is 3. The van der Waals surface area contributed by atoms with Crippen LogP contribution in [0.2, 0.25) is 0 Å². The van der Waals surface area contributed by atoms with E-state index in [4.69, 9.17) is 5.73 Å². The van der Waals surface area contributed by atoms with Crippen LogP contribution in [0.3, 0.4) is 0 Å². The second-order valence-corrected chi connectivity index (χ2v) is 4.77. The Morgan fingerprint density at radius 1 is 1.33 bits per heavy atom. The van der Waals surface area contributed by atoms with Gasteiger partial charge in [0.15, 0.2) is 0 Å². The van der Waals surface area contributed by atoms with E-state index in [9.17, 15) is 13.2 Å². The molecule has 0 aliphatic rings. The van der Waals surface area contributed by atoms with Crippen molar-refractivity contribution in [1.82, 2.24) is 9.78 Å². The number of hydrogen-bond donors (Lipinski definition) is 1. The first-order valence-electron chi connectivity index (χ1n) is 5.19. The fraction of sp³-hybridized carbons (Fsp3) is 0.364. The maximum Gasteiger partial charge on any atom is 0.417 e. The molecule has 7 heteroatoms. The van der Waals surface area contributed by atoms with Gasteiger partial charge in [-0.3, -0.25) is 4.68 Å². The fourth-order valence-electron chi connectivity index (χ4n) is 1.77. The SMILES string of the molecule is Cc1c(C(N)c2cscc2C(F)(F)F)cnn1C. The molecule has 2 aromatic heterocycles. The highest BCUT2D eigenvalue weighted by Gasteiger charge is 2.36. The predicted octanol–water partition coefficient (Wildman–Crippen LogP) is 2.86. The zero-order valence-electron chi connectivity index (χ0n) is 9.82. The minimum absolute atomic E-state index is 0.101. The Balaban J connectivity index is 2.44. The van der Waals surface area contributed by atoms with Crippen LogP contribution in [0.4, 0.5) is 13.2 Å². The quantitative estimate of drug-likeness (QED) is 0.916. The van der Waals surface area contributed by atoms with Crippen molar-refractivity contribution in [2.24, 2.45) is 12.8 Å². The van der Waals surface area contributed by atoms with Crippen LogP contribution in [0.25, 0.3) is 0 Å². The third-order valence-electron chi connectivity index (χ3n) is 2.94. The van der Waals surface area contributed by atoms with Crippen LogP contribution in [0.1, 0.15) is 28.4 Å². The minimum atomic E-state index is -4.37. The molecule has 2 heterocycles. The summed E-state index contributed by atoms with van der Waals surface area (Å²) < 4.78 is 40.0. The summed E-state index contributed by atoms with van der Waals surface area (Å²) in [5.74, 6) is 0. The minimum Gasteiger partial charge on any atom is -0.320 e. The van der Waals surface area contributed by atoms with E-state index in [0.717, 1.165) is 22.4 Å². The maximum absolute atomic E-state index is 12.8. The van der Waals surface area contributed by atoms with Crippen LogP contribution in [0.5, 0.6) is 0 Å². The van der Waals surface area contributed by atoms with Crippen LogP contribution in [0, 0.1) is 6.92 Å². The van der Waals surface area contributed by atoms with Gasteiger partial charge in [-0.1, -0.05) is 0 Å². The van der Waals surface area contributed by atoms with Crippen molar-refractivity contribution in [3.8, 4) is 0 Å². The fourth-order valence-corrected chi connectivity index (χ4v) is 2.66. The molecule has 2 rings (SSSR count). The number of nitrogens with zero attached hydrogens (tertiary/aromatic N) is 2. The van der Waals surface area contributed by atoms with Gasteiger partial charge in [-0.05, 0) is 17.9 Å². The van der Waals surface area contributed by atoms with Gasteiger partial charge in [0.05, 0.1) is 17.8 Å². The number of aryl methyl sites for hydroxylation is 1. The summed E-state index contributed by atoms with van der Waals surface area (Å²) in [6.45, 7) is 1.78. The van der Waals surface area contributed by atoms with Crippen molar-refractivity contribution < 1.29 is 13.2 Å². The number of aromatic nitrogens is 2. The monoisotopic (exact) mass is 275 g/mol. The largest absolute Gasteiger partial charge is 0.417 e. The molecule has 0 aliphatic carbocycles. The van der Waals surface area contributed by atoms with Gasteiger partial charge in [0, 0.05) is 23.7 Å². The molecular weight excluding hydrogens is 263 g/mol. The molecule has 0 aliphatic heterocycles. The summed E-state index contributed by atoms with van der Waals surface area (Å²) in [5, 5.41) is 6.53. The second-order valence-electron chi connectivity index (χ2n) is 4.03. The highest BCUT2D eigenvalue weighted by atomic mass is 32.1. The van der Waals surface area contributed by atoms with Crippen molar-refractivity contribution in [1.29, 1.82) is 0 Å². The predicted molar refractivity (Wildman–Crippen MR) is 63.3 cm³/mol. The molecule has 3 nitrogen and oxygen atoms in total. The van der Waals surface area contributed by atoms with Crippen molar-refractivity contribution in [3.05, 3.63) is 39.3 Å². The molecule has 0 spiro atoms. The molecule has 0 saturated heterocycles. The smallest absolute Gasteiger partial charge is 0.320 e. The Hall–Kier alpha value is -1.34. The summed E-state index contributed by atoms with van der Waals surface area (Å²) in [6, 6.07) is -0.804. The Morgan fingerprint density at radius 3 is 2.50 bits per heavy atom. The number of rotatable bonds is 2. The van der Waals surface area contributed by atoms with Crippen LogP contribution >= 0.6 is 11.3 Å². The molecule has 0 aromatic carbocycles. The molecule has 18 heavy (non-hydrogen) atoms. The molecule has 0 bridgehead atoms. The van der Waals surface area contributed by atoms with Crippen molar-refractivity contribution in [2.45, 2.75) is 19.1 Å². The number of nitrogens with two attached hydrogens (primary N) is 1. The highest BCUT2D eigenvalue weighted by Crippen LogP contribution is 2.38. The Morgan fingerprint density at radius 2 is 2.00 bits per heavy atom. The summed E-state index contributed by atoms with van der Waals surface area (Å²) in [6.07, 6.45) is -2.86. The lowest BCUT2D eigenvalue weighted by atomic mass is 9.99. The summed E-state index contributed by atoms with van der Waals surface area (Å²) >= 11 is 1.00. The average Bonchev–Trinajstić information content (AvgIpc) is 2.86. The molecular formula is C11H12F3N3S. The molecule has 0 radical (unpaired) electrons. The first kappa shape index (κ1) is 13.1. The summed E-state index contributed by atoms with van der Waals surface area (Å²) in [7, 11) is 1.73. The van der Waals surface area contributed by atoms with Gasteiger partial charge in [-0.15, -0.1) is 0 Å². The van der Waals surface area contributed by atoms with Crippen LogP contribution in [-0.2, 0) is 13.2 Å². The third-order valence-corrected chi connectivity index (χ3v) is 3.70. The molecule has 2 N–H and O–H groups in total. The molecule has 98 valence electrons. The van der Waals surface area contributed by atoms with Crippen LogP contribution in [0.15, 0.2) is 17.0 Å². The molecule has 0 amide bonds. The van der Waals surface area contributed by atoms with E-state index < -0.39 is 17.8 Å². The molecule has 2 aromatic rings. The second kappa shape index (κ2) is 4.40. The van der Waals surface area contributed by atoms with Gasteiger partial charge in [0.1, 0.15) is 0 Å². The van der Waals surface area contributed by atoms with Gasteiger partial charge in [-0.2, -0.15) is 29.6 Å². The molecule has 0 saturated carbocycles. The number of thiophene rings is 1. The maximum atomic E-state index is 12.8. The molecule has 1 atom stereocenters. The number of halogens is 3. The van der Waals surface area contributed by atoms with E-state index in [2.05, 4.69) is 5.10 Å². The number of alkyl halides is 3. The van der Waals surface area contributed by atoms with Crippen molar-refractivity contribution in [3.63, 3.8) is 0 Å². The van der Waals surface area contributed by atoms with Crippen LogP contribution < -0.4 is 5.73 Å². The Kier molecular flexibility index (Phi) is 3.20. The first-order chi connectivity index (χ1) is 8.32. The van der Waals surface area contributed by atoms with Crippen molar-refractivity contribution in [2.75, 3.05) is 0 Å².